The second-order valence-electron chi connectivity index (χ2n) is 5.34. The van der Waals surface area contributed by atoms with E-state index < -0.39 is 14.8 Å². The van der Waals surface area contributed by atoms with Crippen molar-refractivity contribution in [1.82, 2.24) is 5.32 Å². The normalized spacial score (nSPS) is 12.4. The van der Waals surface area contributed by atoms with Crippen LogP contribution in [-0.4, -0.2) is 25.5 Å². The number of hydrogen-bond donors (Lipinski definition) is 1. The molecule has 2 aromatic carbocycles. The Kier molecular flexibility index (Phi) is 4.99. The molecule has 2 rings (SSSR count). The SMILES string of the molecule is C[C@H](NC(=O)c1ccc([N+](=O)[O-])cc1)c1ccc(S(C)(=O)=O)cc1. The second kappa shape index (κ2) is 6.79. The van der Waals surface area contributed by atoms with Gasteiger partial charge in [0.05, 0.1) is 15.9 Å². The molecule has 0 heterocycles. The zero-order valence-corrected chi connectivity index (χ0v) is 13.9. The predicted octanol–water partition coefficient (Wildman–Crippen LogP) is 2.49. The van der Waals surface area contributed by atoms with Gasteiger partial charge < -0.3 is 5.32 Å². The van der Waals surface area contributed by atoms with Crippen LogP contribution < -0.4 is 5.32 Å². The molecular formula is C16H16N2O5S. The van der Waals surface area contributed by atoms with Crippen LogP contribution in [0.1, 0.15) is 28.9 Å². The van der Waals surface area contributed by atoms with Gasteiger partial charge >= 0.3 is 0 Å². The zero-order valence-electron chi connectivity index (χ0n) is 13.1. The molecule has 0 radical (unpaired) electrons. The number of hydrogen-bond acceptors (Lipinski definition) is 5. The number of rotatable bonds is 5. The van der Waals surface area contributed by atoms with Crippen molar-refractivity contribution in [2.75, 3.05) is 6.26 Å². The molecule has 0 aliphatic rings. The maximum Gasteiger partial charge on any atom is 0.269 e. The molecule has 0 spiro atoms. The van der Waals surface area contributed by atoms with E-state index in [0.717, 1.165) is 11.8 Å². The lowest BCUT2D eigenvalue weighted by Crippen LogP contribution is -2.26. The van der Waals surface area contributed by atoms with Crippen LogP contribution >= 0.6 is 0 Å². The van der Waals surface area contributed by atoms with Gasteiger partial charge in [-0.25, -0.2) is 8.42 Å². The highest BCUT2D eigenvalue weighted by Gasteiger charge is 2.14. The summed E-state index contributed by atoms with van der Waals surface area (Å²) in [5.74, 6) is -0.371. The molecular weight excluding hydrogens is 332 g/mol. The van der Waals surface area contributed by atoms with Crippen LogP contribution in [0.2, 0.25) is 0 Å². The van der Waals surface area contributed by atoms with Crippen LogP contribution in [0.5, 0.6) is 0 Å². The third kappa shape index (κ3) is 4.17. The Morgan fingerprint density at radius 1 is 1.08 bits per heavy atom. The van der Waals surface area contributed by atoms with Gasteiger partial charge in [0.15, 0.2) is 9.84 Å². The van der Waals surface area contributed by atoms with Gasteiger partial charge in [-0.2, -0.15) is 0 Å². The summed E-state index contributed by atoms with van der Waals surface area (Å²) in [6.07, 6.45) is 1.13. The lowest BCUT2D eigenvalue weighted by Gasteiger charge is -2.14. The third-order valence-corrected chi connectivity index (χ3v) is 4.62. The largest absolute Gasteiger partial charge is 0.346 e. The average Bonchev–Trinajstić information content (AvgIpc) is 2.54. The molecule has 0 aliphatic heterocycles. The fraction of sp³-hybridized carbons (Fsp3) is 0.188. The first-order valence-electron chi connectivity index (χ1n) is 7.04. The number of nitrogens with zero attached hydrogens (tertiary/aromatic N) is 1. The minimum Gasteiger partial charge on any atom is -0.346 e. The van der Waals surface area contributed by atoms with E-state index in [1.807, 2.05) is 0 Å². The van der Waals surface area contributed by atoms with Gasteiger partial charge in [-0.05, 0) is 36.8 Å². The van der Waals surface area contributed by atoms with Gasteiger partial charge in [0.2, 0.25) is 0 Å². The Labute approximate surface area is 139 Å². The maximum absolute atomic E-state index is 12.2. The number of nitro groups is 1. The Bertz CT molecular complexity index is 858. The minimum atomic E-state index is -3.26. The smallest absolute Gasteiger partial charge is 0.269 e. The van der Waals surface area contributed by atoms with Gasteiger partial charge in [0.1, 0.15) is 0 Å². The van der Waals surface area contributed by atoms with E-state index in [9.17, 15) is 23.3 Å². The first kappa shape index (κ1) is 17.6. The van der Waals surface area contributed by atoms with Crippen LogP contribution in [0.15, 0.2) is 53.4 Å². The lowest BCUT2D eigenvalue weighted by molar-refractivity contribution is -0.384. The standard InChI is InChI=1S/C16H16N2O5S/c1-11(12-5-9-15(10-6-12)24(2,22)23)17-16(19)13-3-7-14(8-4-13)18(20)21/h3-11H,1-2H3,(H,17,19)/t11-/m0/s1. The highest BCUT2D eigenvalue weighted by molar-refractivity contribution is 7.90. The van der Waals surface area contributed by atoms with Crippen molar-refractivity contribution in [3.63, 3.8) is 0 Å². The average molecular weight is 348 g/mol. The molecule has 0 unspecified atom stereocenters. The van der Waals surface area contributed by atoms with Crippen molar-refractivity contribution in [3.05, 3.63) is 69.8 Å². The van der Waals surface area contributed by atoms with E-state index in [4.69, 9.17) is 0 Å². The number of nitro benzene ring substituents is 1. The van der Waals surface area contributed by atoms with Gasteiger partial charge in [0, 0.05) is 24.0 Å². The van der Waals surface area contributed by atoms with E-state index in [1.165, 1.54) is 36.4 Å². The summed E-state index contributed by atoms with van der Waals surface area (Å²) >= 11 is 0. The quantitative estimate of drug-likeness (QED) is 0.660. The number of sulfone groups is 1. The van der Waals surface area contributed by atoms with Crippen molar-refractivity contribution in [2.24, 2.45) is 0 Å². The van der Waals surface area contributed by atoms with Gasteiger partial charge in [-0.1, -0.05) is 12.1 Å². The van der Waals surface area contributed by atoms with Crippen molar-refractivity contribution in [1.29, 1.82) is 0 Å². The molecule has 0 bridgehead atoms. The van der Waals surface area contributed by atoms with E-state index in [-0.39, 0.29) is 22.5 Å². The highest BCUT2D eigenvalue weighted by Crippen LogP contribution is 2.17. The zero-order chi connectivity index (χ0) is 17.9. The first-order chi connectivity index (χ1) is 11.2. The molecule has 8 heteroatoms. The minimum absolute atomic E-state index is 0.0871. The van der Waals surface area contributed by atoms with Crippen molar-refractivity contribution >= 4 is 21.4 Å². The molecule has 0 fully saturated rings. The van der Waals surface area contributed by atoms with Crippen molar-refractivity contribution in [3.8, 4) is 0 Å². The topological polar surface area (TPSA) is 106 Å². The molecule has 0 saturated heterocycles. The van der Waals surface area contributed by atoms with E-state index in [0.29, 0.717) is 5.56 Å². The van der Waals surface area contributed by atoms with Crippen LogP contribution in [0.25, 0.3) is 0 Å². The monoisotopic (exact) mass is 348 g/mol. The molecule has 1 N–H and O–H groups in total. The van der Waals surface area contributed by atoms with Crippen LogP contribution in [0.3, 0.4) is 0 Å². The number of carbonyl (C=O) groups excluding carboxylic acids is 1. The fourth-order valence-electron chi connectivity index (χ4n) is 2.10. The molecule has 2 aromatic rings. The number of carbonyl (C=O) groups is 1. The molecule has 0 aromatic heterocycles. The van der Waals surface area contributed by atoms with E-state index >= 15 is 0 Å². The maximum atomic E-state index is 12.2. The Hall–Kier alpha value is -2.74. The van der Waals surface area contributed by atoms with Crippen molar-refractivity contribution < 1.29 is 18.1 Å². The Morgan fingerprint density at radius 2 is 1.62 bits per heavy atom. The van der Waals surface area contributed by atoms with Crippen LogP contribution in [0, 0.1) is 10.1 Å². The molecule has 7 nitrogen and oxygen atoms in total. The molecule has 24 heavy (non-hydrogen) atoms. The first-order valence-corrected chi connectivity index (χ1v) is 8.93. The number of benzene rings is 2. The highest BCUT2D eigenvalue weighted by atomic mass is 32.2. The second-order valence-corrected chi connectivity index (χ2v) is 7.36. The number of amides is 1. The summed E-state index contributed by atoms with van der Waals surface area (Å²) in [7, 11) is -3.26. The summed E-state index contributed by atoms with van der Waals surface area (Å²) in [5, 5.41) is 13.4. The molecule has 1 amide bonds. The summed E-state index contributed by atoms with van der Waals surface area (Å²) in [4.78, 5) is 22.4. The van der Waals surface area contributed by atoms with Gasteiger partial charge in [-0.15, -0.1) is 0 Å². The lowest BCUT2D eigenvalue weighted by atomic mass is 10.1. The van der Waals surface area contributed by atoms with Gasteiger partial charge in [-0.3, -0.25) is 14.9 Å². The molecule has 126 valence electrons. The van der Waals surface area contributed by atoms with Crippen LogP contribution in [0.4, 0.5) is 5.69 Å². The summed E-state index contributed by atoms with van der Waals surface area (Å²) in [6.45, 7) is 1.76. The summed E-state index contributed by atoms with van der Waals surface area (Å²) in [6, 6.07) is 11.2. The molecule has 1 atom stereocenters. The predicted molar refractivity (Wildman–Crippen MR) is 88.5 cm³/mol. The van der Waals surface area contributed by atoms with E-state index in [1.54, 1.807) is 19.1 Å². The fourth-order valence-corrected chi connectivity index (χ4v) is 2.73. The summed E-state index contributed by atoms with van der Waals surface area (Å²) < 4.78 is 22.9. The molecule has 0 saturated carbocycles. The van der Waals surface area contributed by atoms with Crippen LogP contribution in [-0.2, 0) is 9.84 Å². The number of nitrogens with one attached hydrogen (secondary N) is 1. The summed E-state index contributed by atoms with van der Waals surface area (Å²) in [5.41, 5.74) is 0.967. The Balaban J connectivity index is 2.09. The Morgan fingerprint density at radius 3 is 2.08 bits per heavy atom. The van der Waals surface area contributed by atoms with E-state index in [2.05, 4.69) is 5.32 Å². The molecule has 0 aliphatic carbocycles. The third-order valence-electron chi connectivity index (χ3n) is 3.50. The van der Waals surface area contributed by atoms with Crippen molar-refractivity contribution in [2.45, 2.75) is 17.9 Å². The van der Waals surface area contributed by atoms with Gasteiger partial charge in [0.25, 0.3) is 11.6 Å². The number of non-ortho nitro benzene ring substituents is 1.